The lowest BCUT2D eigenvalue weighted by Crippen LogP contribution is -2.30. The van der Waals surface area contributed by atoms with Gasteiger partial charge in [-0.15, -0.1) is 0 Å². The van der Waals surface area contributed by atoms with Gasteiger partial charge in [0.1, 0.15) is 11.9 Å². The van der Waals surface area contributed by atoms with Crippen molar-refractivity contribution in [2.24, 2.45) is 0 Å². The Balaban J connectivity index is 2.31. The van der Waals surface area contributed by atoms with Gasteiger partial charge in [-0.3, -0.25) is 0 Å². The second kappa shape index (κ2) is 8.94. The second-order valence-corrected chi connectivity index (χ2v) is 5.21. The van der Waals surface area contributed by atoms with Crippen molar-refractivity contribution >= 4 is 0 Å². The van der Waals surface area contributed by atoms with Crippen LogP contribution in [0.25, 0.3) is 0 Å². The van der Waals surface area contributed by atoms with E-state index in [1.165, 1.54) is 5.56 Å². The zero-order chi connectivity index (χ0) is 14.1. The van der Waals surface area contributed by atoms with Gasteiger partial charge in [0.05, 0.1) is 0 Å². The first-order valence-electron chi connectivity index (χ1n) is 7.09. The molecule has 1 rings (SSSR count). The number of rotatable bonds is 9. The SMILES string of the molecule is COCCCNCC(C)Oc1cccc(C(C)C)c1. The number of nitrogens with one attached hydrogen (secondary N) is 1. The Morgan fingerprint density at radius 2 is 2.00 bits per heavy atom. The summed E-state index contributed by atoms with van der Waals surface area (Å²) in [5.41, 5.74) is 1.32. The van der Waals surface area contributed by atoms with Gasteiger partial charge in [-0.05, 0) is 43.5 Å². The molecule has 0 bridgehead atoms. The van der Waals surface area contributed by atoms with Crippen LogP contribution in [0.2, 0.25) is 0 Å². The molecule has 0 fully saturated rings. The van der Waals surface area contributed by atoms with Gasteiger partial charge in [0, 0.05) is 20.3 Å². The highest BCUT2D eigenvalue weighted by atomic mass is 16.5. The van der Waals surface area contributed by atoms with Gasteiger partial charge in [0.15, 0.2) is 0 Å². The maximum atomic E-state index is 5.92. The molecule has 19 heavy (non-hydrogen) atoms. The van der Waals surface area contributed by atoms with E-state index in [1.807, 2.05) is 6.07 Å². The van der Waals surface area contributed by atoms with E-state index in [-0.39, 0.29) is 6.10 Å². The molecule has 0 saturated carbocycles. The number of benzene rings is 1. The van der Waals surface area contributed by atoms with E-state index in [9.17, 15) is 0 Å². The molecule has 0 heterocycles. The fraction of sp³-hybridized carbons (Fsp3) is 0.625. The van der Waals surface area contributed by atoms with E-state index < -0.39 is 0 Å². The van der Waals surface area contributed by atoms with Crippen molar-refractivity contribution in [2.45, 2.75) is 39.2 Å². The Kier molecular flexibility index (Phi) is 7.53. The predicted molar refractivity (Wildman–Crippen MR) is 80.0 cm³/mol. The van der Waals surface area contributed by atoms with Gasteiger partial charge in [-0.1, -0.05) is 26.0 Å². The molecule has 0 spiro atoms. The van der Waals surface area contributed by atoms with Crippen molar-refractivity contribution in [1.82, 2.24) is 5.32 Å². The molecule has 1 atom stereocenters. The minimum atomic E-state index is 0.171. The normalized spacial score (nSPS) is 12.7. The maximum absolute atomic E-state index is 5.92. The molecule has 0 aliphatic heterocycles. The summed E-state index contributed by atoms with van der Waals surface area (Å²) in [4.78, 5) is 0. The van der Waals surface area contributed by atoms with Crippen molar-refractivity contribution in [1.29, 1.82) is 0 Å². The van der Waals surface area contributed by atoms with E-state index in [2.05, 4.69) is 44.3 Å². The number of hydrogen-bond acceptors (Lipinski definition) is 3. The molecule has 3 heteroatoms. The lowest BCUT2D eigenvalue weighted by Gasteiger charge is -2.16. The van der Waals surface area contributed by atoms with Crippen molar-refractivity contribution < 1.29 is 9.47 Å². The van der Waals surface area contributed by atoms with Crippen LogP contribution in [0.4, 0.5) is 0 Å². The molecule has 0 aliphatic carbocycles. The Bertz CT molecular complexity index is 352. The summed E-state index contributed by atoms with van der Waals surface area (Å²) >= 11 is 0. The highest BCUT2D eigenvalue weighted by molar-refractivity contribution is 5.30. The van der Waals surface area contributed by atoms with Crippen LogP contribution in [-0.4, -0.2) is 32.9 Å². The van der Waals surface area contributed by atoms with Crippen LogP contribution in [-0.2, 0) is 4.74 Å². The quantitative estimate of drug-likeness (QED) is 0.696. The Morgan fingerprint density at radius 1 is 1.21 bits per heavy atom. The first-order chi connectivity index (χ1) is 9.13. The Labute approximate surface area is 117 Å². The molecule has 0 aromatic heterocycles. The molecule has 1 aromatic rings. The molecule has 0 radical (unpaired) electrons. The third kappa shape index (κ3) is 6.60. The highest BCUT2D eigenvalue weighted by Gasteiger charge is 2.05. The second-order valence-electron chi connectivity index (χ2n) is 5.21. The fourth-order valence-corrected chi connectivity index (χ4v) is 1.87. The van der Waals surface area contributed by atoms with Crippen molar-refractivity contribution in [2.75, 3.05) is 26.8 Å². The van der Waals surface area contributed by atoms with Crippen molar-refractivity contribution in [3.63, 3.8) is 0 Å². The number of hydrogen-bond donors (Lipinski definition) is 1. The predicted octanol–water partition coefficient (Wildman–Crippen LogP) is 3.20. The molecule has 0 amide bonds. The third-order valence-electron chi connectivity index (χ3n) is 3.00. The minimum Gasteiger partial charge on any atom is -0.489 e. The van der Waals surface area contributed by atoms with E-state index in [1.54, 1.807) is 7.11 Å². The first-order valence-corrected chi connectivity index (χ1v) is 7.09. The summed E-state index contributed by atoms with van der Waals surface area (Å²) in [6.45, 7) is 9.10. The average Bonchev–Trinajstić information content (AvgIpc) is 2.38. The summed E-state index contributed by atoms with van der Waals surface area (Å²) in [6, 6.07) is 8.36. The first kappa shape index (κ1) is 16.0. The zero-order valence-corrected chi connectivity index (χ0v) is 12.6. The molecule has 108 valence electrons. The molecule has 1 unspecified atom stereocenters. The van der Waals surface area contributed by atoms with Crippen LogP contribution in [0.15, 0.2) is 24.3 Å². The summed E-state index contributed by atoms with van der Waals surface area (Å²) in [6.07, 6.45) is 1.21. The summed E-state index contributed by atoms with van der Waals surface area (Å²) in [5.74, 6) is 1.49. The van der Waals surface area contributed by atoms with Crippen molar-refractivity contribution in [3.05, 3.63) is 29.8 Å². The third-order valence-corrected chi connectivity index (χ3v) is 3.00. The van der Waals surface area contributed by atoms with Crippen LogP contribution < -0.4 is 10.1 Å². The molecule has 1 N–H and O–H groups in total. The van der Waals surface area contributed by atoms with Gasteiger partial charge in [-0.2, -0.15) is 0 Å². The van der Waals surface area contributed by atoms with Crippen LogP contribution >= 0.6 is 0 Å². The molecule has 3 nitrogen and oxygen atoms in total. The smallest absolute Gasteiger partial charge is 0.120 e. The lowest BCUT2D eigenvalue weighted by atomic mass is 10.0. The maximum Gasteiger partial charge on any atom is 0.120 e. The van der Waals surface area contributed by atoms with Crippen LogP contribution in [0.5, 0.6) is 5.75 Å². The zero-order valence-electron chi connectivity index (χ0n) is 12.6. The van der Waals surface area contributed by atoms with E-state index in [0.717, 1.165) is 31.9 Å². The van der Waals surface area contributed by atoms with E-state index >= 15 is 0 Å². The number of methoxy groups -OCH3 is 1. The lowest BCUT2D eigenvalue weighted by molar-refractivity contribution is 0.188. The van der Waals surface area contributed by atoms with Gasteiger partial charge in [0.2, 0.25) is 0 Å². The highest BCUT2D eigenvalue weighted by Crippen LogP contribution is 2.20. The van der Waals surface area contributed by atoms with Crippen LogP contribution in [0, 0.1) is 0 Å². The van der Waals surface area contributed by atoms with Gasteiger partial charge in [-0.25, -0.2) is 0 Å². The molecule has 1 aromatic carbocycles. The monoisotopic (exact) mass is 265 g/mol. The van der Waals surface area contributed by atoms with E-state index in [4.69, 9.17) is 9.47 Å². The van der Waals surface area contributed by atoms with Crippen LogP contribution in [0.1, 0.15) is 38.7 Å². The van der Waals surface area contributed by atoms with Crippen molar-refractivity contribution in [3.8, 4) is 5.75 Å². The molecule has 0 aliphatic rings. The number of ether oxygens (including phenoxy) is 2. The molecule has 0 saturated heterocycles. The fourth-order valence-electron chi connectivity index (χ4n) is 1.87. The van der Waals surface area contributed by atoms with Gasteiger partial charge >= 0.3 is 0 Å². The van der Waals surface area contributed by atoms with Gasteiger partial charge < -0.3 is 14.8 Å². The average molecular weight is 265 g/mol. The summed E-state index contributed by atoms with van der Waals surface area (Å²) in [5, 5.41) is 3.37. The standard InChI is InChI=1S/C16H27NO2/c1-13(2)15-7-5-8-16(11-15)19-14(3)12-17-9-6-10-18-4/h5,7-8,11,13-14,17H,6,9-10,12H2,1-4H3. The summed E-state index contributed by atoms with van der Waals surface area (Å²) < 4.78 is 10.9. The molecular weight excluding hydrogens is 238 g/mol. The molecular formula is C16H27NO2. The van der Waals surface area contributed by atoms with Crippen LogP contribution in [0.3, 0.4) is 0 Å². The summed E-state index contributed by atoms with van der Waals surface area (Å²) in [7, 11) is 1.73. The minimum absolute atomic E-state index is 0.171. The van der Waals surface area contributed by atoms with E-state index in [0.29, 0.717) is 5.92 Å². The Hall–Kier alpha value is -1.06. The van der Waals surface area contributed by atoms with Gasteiger partial charge in [0.25, 0.3) is 0 Å². The Morgan fingerprint density at radius 3 is 2.68 bits per heavy atom. The largest absolute Gasteiger partial charge is 0.489 e. The topological polar surface area (TPSA) is 30.5 Å².